The summed E-state index contributed by atoms with van der Waals surface area (Å²) in [5.74, 6) is 0.0667. The number of carbonyl (C=O) groups is 1. The van der Waals surface area contributed by atoms with Crippen molar-refractivity contribution in [3.63, 3.8) is 0 Å². The Kier molecular flexibility index (Phi) is 6.22. The highest BCUT2D eigenvalue weighted by atomic mass is 35.5. The molecule has 1 aromatic rings. The van der Waals surface area contributed by atoms with Crippen molar-refractivity contribution in [2.45, 2.75) is 39.2 Å². The molecule has 4 nitrogen and oxygen atoms in total. The zero-order chi connectivity index (χ0) is 12.7. The zero-order valence-electron chi connectivity index (χ0n) is 10.4. The molecule has 17 heavy (non-hydrogen) atoms. The Morgan fingerprint density at radius 1 is 1.53 bits per heavy atom. The van der Waals surface area contributed by atoms with E-state index in [1.165, 1.54) is 6.20 Å². The van der Waals surface area contributed by atoms with Crippen LogP contribution in [0.1, 0.15) is 43.1 Å². The summed E-state index contributed by atoms with van der Waals surface area (Å²) in [7, 11) is 1.62. The topological polar surface area (TPSA) is 44.1 Å². The quantitative estimate of drug-likeness (QED) is 0.532. The highest BCUT2D eigenvalue weighted by Crippen LogP contribution is 2.18. The monoisotopic (exact) mass is 258 g/mol. The van der Waals surface area contributed by atoms with Crippen molar-refractivity contribution in [3.8, 4) is 0 Å². The summed E-state index contributed by atoms with van der Waals surface area (Å²) in [6.45, 7) is 3.19. The Bertz CT molecular complexity index is 363. The third-order valence-electron chi connectivity index (χ3n) is 2.57. The first-order chi connectivity index (χ1) is 8.20. The minimum atomic E-state index is 0.0667. The molecular weight excluding hydrogens is 240 g/mol. The summed E-state index contributed by atoms with van der Waals surface area (Å²) in [6, 6.07) is 0. The molecule has 0 N–H and O–H groups in total. The van der Waals surface area contributed by atoms with E-state index in [0.29, 0.717) is 30.3 Å². The van der Waals surface area contributed by atoms with E-state index in [9.17, 15) is 4.79 Å². The predicted molar refractivity (Wildman–Crippen MR) is 67.6 cm³/mol. The van der Waals surface area contributed by atoms with Crippen LogP contribution in [0.2, 0.25) is 5.02 Å². The lowest BCUT2D eigenvalue weighted by atomic mass is 10.1. The second-order valence-electron chi connectivity index (χ2n) is 3.94. The van der Waals surface area contributed by atoms with Crippen LogP contribution in [0.3, 0.4) is 0 Å². The van der Waals surface area contributed by atoms with Gasteiger partial charge in [0.1, 0.15) is 5.69 Å². The van der Waals surface area contributed by atoms with Crippen molar-refractivity contribution in [1.29, 1.82) is 0 Å². The van der Waals surface area contributed by atoms with E-state index in [-0.39, 0.29) is 5.78 Å². The van der Waals surface area contributed by atoms with Crippen LogP contribution in [0, 0.1) is 0 Å². The summed E-state index contributed by atoms with van der Waals surface area (Å²) >= 11 is 5.99. The molecule has 5 heteroatoms. The van der Waals surface area contributed by atoms with Gasteiger partial charge in [-0.15, -0.1) is 0 Å². The van der Waals surface area contributed by atoms with Gasteiger partial charge in [-0.2, -0.15) is 5.10 Å². The molecular formula is C12H19ClN2O2. The van der Waals surface area contributed by atoms with Crippen LogP contribution in [0.15, 0.2) is 6.20 Å². The highest BCUT2D eigenvalue weighted by molar-refractivity contribution is 6.33. The fourth-order valence-corrected chi connectivity index (χ4v) is 1.89. The minimum Gasteiger partial charge on any atom is -0.383 e. The molecule has 0 aromatic carbocycles. The van der Waals surface area contributed by atoms with E-state index in [1.54, 1.807) is 11.8 Å². The number of carbonyl (C=O) groups excluding carboxylic acids is 1. The molecule has 96 valence electrons. The number of ketones is 1. The maximum absolute atomic E-state index is 12.0. The van der Waals surface area contributed by atoms with Gasteiger partial charge in [-0.05, 0) is 6.42 Å². The van der Waals surface area contributed by atoms with Crippen LogP contribution in [0.5, 0.6) is 0 Å². The molecule has 0 amide bonds. The molecule has 0 radical (unpaired) electrons. The summed E-state index contributed by atoms with van der Waals surface area (Å²) in [5, 5.41) is 4.52. The second kappa shape index (κ2) is 7.45. The van der Waals surface area contributed by atoms with Crippen LogP contribution in [-0.4, -0.2) is 29.3 Å². The summed E-state index contributed by atoms with van der Waals surface area (Å²) < 4.78 is 6.60. The van der Waals surface area contributed by atoms with E-state index in [0.717, 1.165) is 19.3 Å². The number of methoxy groups -OCH3 is 1. The molecule has 0 aliphatic heterocycles. The summed E-state index contributed by atoms with van der Waals surface area (Å²) in [5.41, 5.74) is 0.514. The first-order valence-electron chi connectivity index (χ1n) is 5.94. The van der Waals surface area contributed by atoms with Gasteiger partial charge in [-0.3, -0.25) is 9.48 Å². The Hall–Kier alpha value is -0.870. The van der Waals surface area contributed by atoms with Crippen LogP contribution in [0.25, 0.3) is 0 Å². The van der Waals surface area contributed by atoms with Gasteiger partial charge in [0.2, 0.25) is 0 Å². The first-order valence-corrected chi connectivity index (χ1v) is 6.32. The van der Waals surface area contributed by atoms with Gasteiger partial charge in [0.25, 0.3) is 0 Å². The van der Waals surface area contributed by atoms with Gasteiger partial charge >= 0.3 is 0 Å². The number of halogens is 1. The fraction of sp³-hybridized carbons (Fsp3) is 0.667. The predicted octanol–water partition coefficient (Wildman–Crippen LogP) is 2.95. The molecule has 0 aliphatic carbocycles. The second-order valence-corrected chi connectivity index (χ2v) is 4.34. The summed E-state index contributed by atoms with van der Waals surface area (Å²) in [6.07, 6.45) is 5.12. The van der Waals surface area contributed by atoms with Crippen LogP contribution in [-0.2, 0) is 11.3 Å². The Balaban J connectivity index is 2.66. The average Bonchev–Trinajstić information content (AvgIpc) is 2.68. The number of aromatic nitrogens is 2. The number of ether oxygens (including phenoxy) is 1. The SMILES string of the molecule is CCCCCC(=O)c1c(Cl)cnn1CCOC. The Morgan fingerprint density at radius 2 is 2.29 bits per heavy atom. The molecule has 0 aliphatic rings. The van der Waals surface area contributed by atoms with Gasteiger partial charge in [0.05, 0.1) is 24.4 Å². The molecule has 0 unspecified atom stereocenters. The van der Waals surface area contributed by atoms with Crippen molar-refractivity contribution >= 4 is 17.4 Å². The maximum atomic E-state index is 12.0. The lowest BCUT2D eigenvalue weighted by Crippen LogP contribution is -2.14. The molecule has 0 fully saturated rings. The fourth-order valence-electron chi connectivity index (χ4n) is 1.64. The Morgan fingerprint density at radius 3 is 2.94 bits per heavy atom. The van der Waals surface area contributed by atoms with E-state index >= 15 is 0 Å². The number of unbranched alkanes of at least 4 members (excludes halogenated alkanes) is 2. The van der Waals surface area contributed by atoms with Crippen LogP contribution < -0.4 is 0 Å². The van der Waals surface area contributed by atoms with Gasteiger partial charge in [-0.25, -0.2) is 0 Å². The molecule has 1 rings (SSSR count). The first kappa shape index (κ1) is 14.2. The van der Waals surface area contributed by atoms with E-state index in [2.05, 4.69) is 12.0 Å². The van der Waals surface area contributed by atoms with Crippen molar-refractivity contribution in [2.24, 2.45) is 0 Å². The van der Waals surface area contributed by atoms with Crippen LogP contribution in [0.4, 0.5) is 0 Å². The number of hydrogen-bond donors (Lipinski definition) is 0. The van der Waals surface area contributed by atoms with E-state index < -0.39 is 0 Å². The lowest BCUT2D eigenvalue weighted by Gasteiger charge is -2.06. The van der Waals surface area contributed by atoms with Crippen molar-refractivity contribution in [2.75, 3.05) is 13.7 Å². The largest absolute Gasteiger partial charge is 0.383 e. The van der Waals surface area contributed by atoms with Gasteiger partial charge < -0.3 is 4.74 Å². The van der Waals surface area contributed by atoms with Gasteiger partial charge in [0, 0.05) is 13.5 Å². The van der Waals surface area contributed by atoms with E-state index in [4.69, 9.17) is 16.3 Å². The minimum absolute atomic E-state index is 0.0667. The van der Waals surface area contributed by atoms with E-state index in [1.807, 2.05) is 0 Å². The average molecular weight is 259 g/mol. The smallest absolute Gasteiger partial charge is 0.182 e. The lowest BCUT2D eigenvalue weighted by molar-refractivity contribution is 0.0965. The highest BCUT2D eigenvalue weighted by Gasteiger charge is 2.16. The van der Waals surface area contributed by atoms with Gasteiger partial charge in [-0.1, -0.05) is 31.4 Å². The molecule has 0 spiro atoms. The number of rotatable bonds is 8. The van der Waals surface area contributed by atoms with Crippen molar-refractivity contribution in [3.05, 3.63) is 16.9 Å². The molecule has 0 bridgehead atoms. The Labute approximate surface area is 107 Å². The molecule has 1 aromatic heterocycles. The maximum Gasteiger partial charge on any atom is 0.182 e. The normalized spacial score (nSPS) is 10.8. The van der Waals surface area contributed by atoms with Crippen LogP contribution >= 0.6 is 11.6 Å². The number of hydrogen-bond acceptors (Lipinski definition) is 3. The molecule has 0 saturated heterocycles. The standard InChI is InChI=1S/C12H19ClN2O2/c1-3-4-5-6-11(16)12-10(13)9-14-15(12)7-8-17-2/h9H,3-8H2,1-2H3. The summed E-state index contributed by atoms with van der Waals surface area (Å²) in [4.78, 5) is 12.0. The molecule has 1 heterocycles. The molecule has 0 saturated carbocycles. The molecule has 0 atom stereocenters. The van der Waals surface area contributed by atoms with Gasteiger partial charge in [0.15, 0.2) is 5.78 Å². The van der Waals surface area contributed by atoms with Crippen molar-refractivity contribution < 1.29 is 9.53 Å². The zero-order valence-corrected chi connectivity index (χ0v) is 11.2. The van der Waals surface area contributed by atoms with Crippen molar-refractivity contribution in [1.82, 2.24) is 9.78 Å². The third-order valence-corrected chi connectivity index (χ3v) is 2.85. The number of Topliss-reactive ketones (excluding diaryl/α,β-unsaturated/α-hetero) is 1. The number of nitrogens with zero attached hydrogens (tertiary/aromatic N) is 2. The third kappa shape index (κ3) is 4.13.